The van der Waals surface area contributed by atoms with Gasteiger partial charge in [-0.3, -0.25) is 9.59 Å². The molecule has 2 amide bonds. The van der Waals surface area contributed by atoms with Crippen molar-refractivity contribution in [2.75, 3.05) is 6.54 Å². The maximum absolute atomic E-state index is 13.8. The maximum atomic E-state index is 13.8. The van der Waals surface area contributed by atoms with Crippen molar-refractivity contribution >= 4 is 11.8 Å². The summed E-state index contributed by atoms with van der Waals surface area (Å²) in [4.78, 5) is 28.9. The molecule has 0 aliphatic carbocycles. The summed E-state index contributed by atoms with van der Waals surface area (Å²) in [6, 6.07) is 23.7. The fourth-order valence-electron chi connectivity index (χ4n) is 4.37. The van der Waals surface area contributed by atoms with Gasteiger partial charge in [-0.2, -0.15) is 0 Å². The lowest BCUT2D eigenvalue weighted by molar-refractivity contribution is -0.140. The Labute approximate surface area is 204 Å². The molecule has 1 atom stereocenters. The fourth-order valence-corrected chi connectivity index (χ4v) is 4.37. The van der Waals surface area contributed by atoms with Gasteiger partial charge >= 0.3 is 0 Å². The van der Waals surface area contributed by atoms with E-state index in [1.54, 1.807) is 4.90 Å². The Kier molecular flexibility index (Phi) is 9.03. The second-order valence-corrected chi connectivity index (χ2v) is 9.18. The van der Waals surface area contributed by atoms with Crippen molar-refractivity contribution in [3.05, 3.63) is 106 Å². The normalized spacial score (nSPS) is 11.6. The van der Waals surface area contributed by atoms with Gasteiger partial charge in [-0.15, -0.1) is 0 Å². The molecule has 0 aliphatic heterocycles. The van der Waals surface area contributed by atoms with E-state index in [1.807, 2.05) is 76.2 Å². The SMILES string of the molecule is CCCNC(=O)[C@H](Cc1ccccc1)N(Cc1cccc(C)c1)C(=O)Cc1cc(C)cc(C)c1. The van der Waals surface area contributed by atoms with Gasteiger partial charge in [0.25, 0.3) is 0 Å². The number of carbonyl (C=O) groups excluding carboxylic acids is 2. The van der Waals surface area contributed by atoms with E-state index in [0.29, 0.717) is 19.5 Å². The Morgan fingerprint density at radius 1 is 0.794 bits per heavy atom. The number of benzene rings is 3. The van der Waals surface area contributed by atoms with Crippen LogP contribution in [-0.2, 0) is 29.0 Å². The summed E-state index contributed by atoms with van der Waals surface area (Å²) >= 11 is 0. The number of amides is 2. The fraction of sp³-hybridized carbons (Fsp3) is 0.333. The molecule has 178 valence electrons. The summed E-state index contributed by atoms with van der Waals surface area (Å²) in [6.07, 6.45) is 1.58. The summed E-state index contributed by atoms with van der Waals surface area (Å²) in [7, 11) is 0. The van der Waals surface area contributed by atoms with Gasteiger partial charge in [-0.05, 0) is 43.9 Å². The molecule has 1 N–H and O–H groups in total. The minimum atomic E-state index is -0.590. The van der Waals surface area contributed by atoms with Crippen molar-refractivity contribution in [1.82, 2.24) is 10.2 Å². The van der Waals surface area contributed by atoms with E-state index in [0.717, 1.165) is 39.8 Å². The van der Waals surface area contributed by atoms with Crippen molar-refractivity contribution in [3.63, 3.8) is 0 Å². The number of rotatable bonds is 10. The lowest BCUT2D eigenvalue weighted by Gasteiger charge is -2.32. The Hall–Kier alpha value is -3.40. The number of carbonyl (C=O) groups is 2. The zero-order valence-corrected chi connectivity index (χ0v) is 20.8. The van der Waals surface area contributed by atoms with E-state index in [4.69, 9.17) is 0 Å². The van der Waals surface area contributed by atoms with Gasteiger partial charge in [-0.1, -0.05) is 96.4 Å². The Bertz CT molecular complexity index is 1090. The van der Waals surface area contributed by atoms with Gasteiger partial charge in [0, 0.05) is 19.5 Å². The molecule has 3 aromatic rings. The van der Waals surface area contributed by atoms with Crippen LogP contribution in [0.1, 0.15) is 46.7 Å². The molecule has 0 aromatic heterocycles. The number of nitrogens with zero attached hydrogens (tertiary/aromatic N) is 1. The summed E-state index contributed by atoms with van der Waals surface area (Å²) in [6.45, 7) is 9.14. The molecule has 0 aliphatic rings. The highest BCUT2D eigenvalue weighted by atomic mass is 16.2. The molecule has 3 aromatic carbocycles. The minimum absolute atomic E-state index is 0.0425. The topological polar surface area (TPSA) is 49.4 Å². The maximum Gasteiger partial charge on any atom is 0.243 e. The van der Waals surface area contributed by atoms with E-state index in [2.05, 4.69) is 29.6 Å². The van der Waals surface area contributed by atoms with Crippen LogP contribution in [0.4, 0.5) is 0 Å². The first kappa shape index (κ1) is 25.2. The second-order valence-electron chi connectivity index (χ2n) is 9.18. The summed E-state index contributed by atoms with van der Waals surface area (Å²) in [5, 5.41) is 3.03. The van der Waals surface area contributed by atoms with Gasteiger partial charge in [0.2, 0.25) is 11.8 Å². The first-order valence-corrected chi connectivity index (χ1v) is 12.1. The van der Waals surface area contributed by atoms with E-state index >= 15 is 0 Å². The van der Waals surface area contributed by atoms with Crippen LogP contribution in [0.25, 0.3) is 0 Å². The monoisotopic (exact) mass is 456 g/mol. The van der Waals surface area contributed by atoms with Crippen LogP contribution in [0, 0.1) is 20.8 Å². The van der Waals surface area contributed by atoms with Gasteiger partial charge in [-0.25, -0.2) is 0 Å². The molecular formula is C30H36N2O2. The van der Waals surface area contributed by atoms with Crippen molar-refractivity contribution in [2.24, 2.45) is 0 Å². The standard InChI is InChI=1S/C30H36N2O2/c1-5-14-31-30(34)28(19-25-11-7-6-8-12-25)32(21-26-13-9-10-22(2)16-26)29(33)20-27-17-23(3)15-24(4)18-27/h6-13,15-18,28H,5,14,19-21H2,1-4H3,(H,31,34)/t28-/m0/s1. The number of nitrogens with one attached hydrogen (secondary N) is 1. The third-order valence-corrected chi connectivity index (χ3v) is 5.89. The average molecular weight is 457 g/mol. The van der Waals surface area contributed by atoms with Crippen molar-refractivity contribution < 1.29 is 9.59 Å². The van der Waals surface area contributed by atoms with Gasteiger partial charge in [0.05, 0.1) is 6.42 Å². The van der Waals surface area contributed by atoms with E-state index < -0.39 is 6.04 Å². The second kappa shape index (κ2) is 12.2. The molecule has 0 radical (unpaired) electrons. The van der Waals surface area contributed by atoms with Crippen molar-refractivity contribution in [1.29, 1.82) is 0 Å². The number of hydrogen-bond donors (Lipinski definition) is 1. The van der Waals surface area contributed by atoms with Crippen LogP contribution in [-0.4, -0.2) is 29.3 Å². The lowest BCUT2D eigenvalue weighted by Crippen LogP contribution is -2.51. The van der Waals surface area contributed by atoms with E-state index in [-0.39, 0.29) is 18.2 Å². The Morgan fingerprint density at radius 2 is 1.44 bits per heavy atom. The zero-order chi connectivity index (χ0) is 24.5. The quantitative estimate of drug-likeness (QED) is 0.449. The summed E-state index contributed by atoms with van der Waals surface area (Å²) in [5.74, 6) is -0.147. The van der Waals surface area contributed by atoms with Crippen LogP contribution in [0.5, 0.6) is 0 Å². The van der Waals surface area contributed by atoms with Gasteiger partial charge in [0.1, 0.15) is 6.04 Å². The average Bonchev–Trinajstić information content (AvgIpc) is 2.79. The molecule has 4 heteroatoms. The predicted molar refractivity (Wildman–Crippen MR) is 139 cm³/mol. The van der Waals surface area contributed by atoms with Crippen LogP contribution in [0.2, 0.25) is 0 Å². The molecule has 0 unspecified atom stereocenters. The smallest absolute Gasteiger partial charge is 0.243 e. The van der Waals surface area contributed by atoms with Gasteiger partial charge < -0.3 is 10.2 Å². The van der Waals surface area contributed by atoms with E-state index in [9.17, 15) is 9.59 Å². The van der Waals surface area contributed by atoms with Crippen LogP contribution in [0.15, 0.2) is 72.8 Å². The molecule has 4 nitrogen and oxygen atoms in total. The summed E-state index contributed by atoms with van der Waals surface area (Å²) < 4.78 is 0. The summed E-state index contributed by atoms with van der Waals surface area (Å²) in [5.41, 5.74) is 6.44. The molecule has 0 spiro atoms. The minimum Gasteiger partial charge on any atom is -0.354 e. The van der Waals surface area contributed by atoms with Crippen LogP contribution in [0.3, 0.4) is 0 Å². The molecule has 3 rings (SSSR count). The highest BCUT2D eigenvalue weighted by molar-refractivity contribution is 5.88. The molecule has 0 bridgehead atoms. The predicted octanol–water partition coefficient (Wildman–Crippen LogP) is 5.32. The zero-order valence-electron chi connectivity index (χ0n) is 20.8. The van der Waals surface area contributed by atoms with Crippen LogP contribution < -0.4 is 5.32 Å². The molecular weight excluding hydrogens is 420 g/mol. The molecule has 0 saturated heterocycles. The molecule has 0 fully saturated rings. The lowest BCUT2D eigenvalue weighted by atomic mass is 10.00. The third-order valence-electron chi connectivity index (χ3n) is 5.89. The van der Waals surface area contributed by atoms with Crippen molar-refractivity contribution in [3.8, 4) is 0 Å². The Morgan fingerprint density at radius 3 is 2.09 bits per heavy atom. The first-order valence-electron chi connectivity index (χ1n) is 12.1. The molecule has 34 heavy (non-hydrogen) atoms. The molecule has 0 heterocycles. The van der Waals surface area contributed by atoms with Crippen molar-refractivity contribution in [2.45, 2.75) is 59.5 Å². The highest BCUT2D eigenvalue weighted by Crippen LogP contribution is 2.18. The van der Waals surface area contributed by atoms with Crippen LogP contribution >= 0.6 is 0 Å². The van der Waals surface area contributed by atoms with E-state index in [1.165, 1.54) is 0 Å². The third kappa shape index (κ3) is 7.31. The number of aryl methyl sites for hydroxylation is 3. The Balaban J connectivity index is 1.97. The highest BCUT2D eigenvalue weighted by Gasteiger charge is 2.30. The molecule has 0 saturated carbocycles. The van der Waals surface area contributed by atoms with Gasteiger partial charge in [0.15, 0.2) is 0 Å². The largest absolute Gasteiger partial charge is 0.354 e. The first-order chi connectivity index (χ1) is 16.4. The number of hydrogen-bond acceptors (Lipinski definition) is 2.